The van der Waals surface area contributed by atoms with Crippen LogP contribution in [-0.2, 0) is 4.74 Å². The number of aliphatic imine (C=N–C) groups is 1. The number of hydrogen-bond donors (Lipinski definition) is 0. The zero-order valence-corrected chi connectivity index (χ0v) is 17.2. The molecule has 3 heteroatoms. The monoisotopic (exact) mass is 341 g/mol. The number of nitrogens with zero attached hydrogens (tertiary/aromatic N) is 1. The molecule has 130 valence electrons. The number of hydrogen-bond acceptors (Lipinski definition) is 2. The van der Waals surface area contributed by atoms with Gasteiger partial charge in [-0.1, -0.05) is 59.6 Å². The van der Waals surface area contributed by atoms with Crippen molar-refractivity contribution in [3.05, 3.63) is 34.9 Å². The molecule has 0 amide bonds. The molecular formula is C21H31NOSi. The summed E-state index contributed by atoms with van der Waals surface area (Å²) in [6, 6.07) is 6.31. The Labute approximate surface area is 148 Å². The molecule has 1 aliphatic rings. The summed E-state index contributed by atoms with van der Waals surface area (Å²) in [7, 11) is -1.73. The SMILES string of the molecule is Cc1cccc(C#C[Si](C(C)C)(C(C)C)C(C)C)c1C1=NCCO1. The molecule has 24 heavy (non-hydrogen) atoms. The van der Waals surface area contributed by atoms with Crippen LogP contribution in [0.1, 0.15) is 58.2 Å². The lowest BCUT2D eigenvalue weighted by molar-refractivity contribution is 0.348. The van der Waals surface area contributed by atoms with E-state index in [9.17, 15) is 0 Å². The summed E-state index contributed by atoms with van der Waals surface area (Å²) in [4.78, 5) is 4.52. The summed E-state index contributed by atoms with van der Waals surface area (Å²) in [5, 5.41) is 0. The van der Waals surface area contributed by atoms with E-state index in [1.54, 1.807) is 0 Å². The van der Waals surface area contributed by atoms with Crippen molar-refractivity contribution < 1.29 is 4.74 Å². The Kier molecular flexibility index (Phi) is 5.93. The van der Waals surface area contributed by atoms with Gasteiger partial charge < -0.3 is 4.74 Å². The Morgan fingerprint density at radius 2 is 1.67 bits per heavy atom. The average molecular weight is 342 g/mol. The molecule has 1 heterocycles. The van der Waals surface area contributed by atoms with Gasteiger partial charge in [-0.3, -0.25) is 0 Å². The molecule has 0 atom stereocenters. The third-order valence-corrected chi connectivity index (χ3v) is 11.6. The minimum atomic E-state index is -1.73. The molecule has 2 nitrogen and oxygen atoms in total. The van der Waals surface area contributed by atoms with Gasteiger partial charge in [0.1, 0.15) is 14.7 Å². The summed E-state index contributed by atoms with van der Waals surface area (Å²) in [5.41, 5.74) is 9.07. The molecule has 0 unspecified atom stereocenters. The second kappa shape index (κ2) is 7.57. The predicted molar refractivity (Wildman–Crippen MR) is 106 cm³/mol. The van der Waals surface area contributed by atoms with Crippen LogP contribution in [-0.4, -0.2) is 27.1 Å². The van der Waals surface area contributed by atoms with Gasteiger partial charge in [0.05, 0.1) is 12.1 Å². The Bertz CT molecular complexity index is 655. The highest BCUT2D eigenvalue weighted by atomic mass is 28.3. The van der Waals surface area contributed by atoms with Crippen molar-refractivity contribution in [2.75, 3.05) is 13.2 Å². The zero-order chi connectivity index (χ0) is 17.9. The maximum absolute atomic E-state index is 5.73. The van der Waals surface area contributed by atoms with Crippen LogP contribution in [0, 0.1) is 18.4 Å². The highest BCUT2D eigenvalue weighted by Gasteiger charge is 2.41. The fourth-order valence-corrected chi connectivity index (χ4v) is 9.37. The van der Waals surface area contributed by atoms with Crippen molar-refractivity contribution >= 4 is 14.0 Å². The van der Waals surface area contributed by atoms with E-state index >= 15 is 0 Å². The minimum Gasteiger partial charge on any atom is -0.475 e. The summed E-state index contributed by atoms with van der Waals surface area (Å²) in [5.74, 6) is 4.33. The van der Waals surface area contributed by atoms with Crippen LogP contribution < -0.4 is 0 Å². The molecule has 0 saturated heterocycles. The molecule has 0 aromatic heterocycles. The topological polar surface area (TPSA) is 21.6 Å². The molecule has 0 aliphatic carbocycles. The highest BCUT2D eigenvalue weighted by molar-refractivity contribution is 6.90. The van der Waals surface area contributed by atoms with E-state index in [2.05, 4.69) is 83.1 Å². The first-order valence-corrected chi connectivity index (χ1v) is 11.3. The third-order valence-electron chi connectivity index (χ3n) is 5.35. The van der Waals surface area contributed by atoms with Gasteiger partial charge in [0.25, 0.3) is 0 Å². The fraction of sp³-hybridized carbons (Fsp3) is 0.571. The van der Waals surface area contributed by atoms with E-state index < -0.39 is 8.07 Å². The number of ether oxygens (including phenoxy) is 1. The average Bonchev–Trinajstić information content (AvgIpc) is 3.00. The van der Waals surface area contributed by atoms with Crippen LogP contribution in [0.25, 0.3) is 0 Å². The Balaban J connectivity index is 2.55. The van der Waals surface area contributed by atoms with Crippen molar-refractivity contribution in [1.82, 2.24) is 0 Å². The lowest BCUT2D eigenvalue weighted by Gasteiger charge is -2.38. The van der Waals surface area contributed by atoms with Gasteiger partial charge in [0, 0.05) is 5.56 Å². The minimum absolute atomic E-state index is 0.637. The zero-order valence-electron chi connectivity index (χ0n) is 16.2. The van der Waals surface area contributed by atoms with Gasteiger partial charge in [0.15, 0.2) is 0 Å². The summed E-state index contributed by atoms with van der Waals surface area (Å²) >= 11 is 0. The molecule has 1 aromatic rings. The molecule has 1 aliphatic heterocycles. The van der Waals surface area contributed by atoms with Crippen molar-refractivity contribution in [1.29, 1.82) is 0 Å². The summed E-state index contributed by atoms with van der Waals surface area (Å²) < 4.78 is 5.73. The smallest absolute Gasteiger partial charge is 0.217 e. The van der Waals surface area contributed by atoms with E-state index in [1.165, 1.54) is 5.56 Å². The third kappa shape index (κ3) is 3.44. The molecule has 0 spiro atoms. The first kappa shape index (κ1) is 18.8. The van der Waals surface area contributed by atoms with E-state index in [1.807, 2.05) is 0 Å². The lowest BCUT2D eigenvalue weighted by atomic mass is 10.0. The molecular weight excluding hydrogens is 310 g/mol. The number of benzene rings is 1. The second-order valence-electron chi connectivity index (χ2n) is 7.68. The van der Waals surface area contributed by atoms with E-state index in [0.717, 1.165) is 23.6 Å². The normalized spacial score (nSPS) is 14.7. The Morgan fingerprint density at radius 1 is 1.04 bits per heavy atom. The van der Waals surface area contributed by atoms with Crippen molar-refractivity contribution in [3.8, 4) is 11.5 Å². The van der Waals surface area contributed by atoms with Crippen LogP contribution in [0.5, 0.6) is 0 Å². The summed E-state index contributed by atoms with van der Waals surface area (Å²) in [6.45, 7) is 17.6. The second-order valence-corrected chi connectivity index (χ2v) is 13.3. The van der Waals surface area contributed by atoms with Crippen molar-refractivity contribution in [3.63, 3.8) is 0 Å². The molecule has 2 rings (SSSR count). The first-order chi connectivity index (χ1) is 11.3. The molecule has 1 aromatic carbocycles. The molecule has 0 bridgehead atoms. The molecule has 0 fully saturated rings. The maximum atomic E-state index is 5.73. The largest absolute Gasteiger partial charge is 0.475 e. The van der Waals surface area contributed by atoms with E-state index in [4.69, 9.17) is 4.74 Å². The van der Waals surface area contributed by atoms with Gasteiger partial charge in [-0.05, 0) is 35.2 Å². The van der Waals surface area contributed by atoms with Gasteiger partial charge in [0.2, 0.25) is 5.90 Å². The quantitative estimate of drug-likeness (QED) is 0.535. The molecule has 0 radical (unpaired) electrons. The number of aryl methyl sites for hydroxylation is 1. The first-order valence-electron chi connectivity index (χ1n) is 9.11. The van der Waals surface area contributed by atoms with Crippen LogP contribution in [0.4, 0.5) is 0 Å². The van der Waals surface area contributed by atoms with Crippen molar-refractivity contribution in [2.24, 2.45) is 4.99 Å². The van der Waals surface area contributed by atoms with E-state index in [0.29, 0.717) is 23.2 Å². The van der Waals surface area contributed by atoms with Crippen LogP contribution >= 0.6 is 0 Å². The molecule has 0 saturated carbocycles. The lowest BCUT2D eigenvalue weighted by Crippen LogP contribution is -2.43. The van der Waals surface area contributed by atoms with Crippen LogP contribution in [0.15, 0.2) is 23.2 Å². The molecule has 0 N–H and O–H groups in total. The van der Waals surface area contributed by atoms with Crippen LogP contribution in [0.3, 0.4) is 0 Å². The standard InChI is InChI=1S/C21H31NOSi/c1-15(2)24(16(3)4,17(5)6)14-11-19-10-8-9-18(7)20(19)21-22-12-13-23-21/h8-10,15-17H,12-13H2,1-7H3. The van der Waals surface area contributed by atoms with E-state index in [-0.39, 0.29) is 0 Å². The fourth-order valence-electron chi connectivity index (χ4n) is 4.15. The van der Waals surface area contributed by atoms with Gasteiger partial charge >= 0.3 is 0 Å². The van der Waals surface area contributed by atoms with Gasteiger partial charge in [-0.15, -0.1) is 5.54 Å². The predicted octanol–water partition coefficient (Wildman–Crippen LogP) is 5.34. The van der Waals surface area contributed by atoms with Gasteiger partial charge in [-0.25, -0.2) is 4.99 Å². The van der Waals surface area contributed by atoms with Gasteiger partial charge in [-0.2, -0.15) is 0 Å². The highest BCUT2D eigenvalue weighted by Crippen LogP contribution is 2.40. The summed E-state index contributed by atoms with van der Waals surface area (Å²) in [6.07, 6.45) is 0. The van der Waals surface area contributed by atoms with Crippen LogP contribution in [0.2, 0.25) is 16.6 Å². The Morgan fingerprint density at radius 3 is 2.17 bits per heavy atom. The Hall–Kier alpha value is -1.53. The van der Waals surface area contributed by atoms with Crippen molar-refractivity contribution in [2.45, 2.75) is 65.1 Å². The number of rotatable bonds is 4. The maximum Gasteiger partial charge on any atom is 0.217 e.